The number of aryl methyl sites for hydroxylation is 1. The highest BCUT2D eigenvalue weighted by Gasteiger charge is 2.02. The second-order valence-electron chi connectivity index (χ2n) is 4.81. The molecule has 0 heterocycles. The zero-order valence-corrected chi connectivity index (χ0v) is 12.8. The quantitative estimate of drug-likeness (QED) is 0.819. The van der Waals surface area contributed by atoms with Gasteiger partial charge in [-0.05, 0) is 36.8 Å². The molecule has 0 saturated heterocycles. The first-order chi connectivity index (χ1) is 10.1. The van der Waals surface area contributed by atoms with E-state index in [0.717, 1.165) is 10.5 Å². The van der Waals surface area contributed by atoms with Crippen molar-refractivity contribution in [3.63, 3.8) is 0 Å². The van der Waals surface area contributed by atoms with Crippen molar-refractivity contribution in [3.05, 3.63) is 65.5 Å². The summed E-state index contributed by atoms with van der Waals surface area (Å²) in [5.74, 6) is 0.478. The van der Waals surface area contributed by atoms with Gasteiger partial charge in [0.15, 0.2) is 0 Å². The molecule has 4 heteroatoms. The molecule has 0 bridgehead atoms. The number of rotatable bonds is 6. The van der Waals surface area contributed by atoms with E-state index in [0.29, 0.717) is 18.7 Å². The predicted molar refractivity (Wildman–Crippen MR) is 84.8 cm³/mol. The molecule has 0 atom stereocenters. The Hall–Kier alpha value is -1.81. The standard InChI is InChI=1S/C17H18FNOS/c1-13-2-4-14(5-3-13)12-19-17(20)10-11-21-16-8-6-15(18)7-9-16/h2-9H,10-12H2,1H3,(H,19,20). The Morgan fingerprint density at radius 3 is 2.43 bits per heavy atom. The Morgan fingerprint density at radius 1 is 1.10 bits per heavy atom. The molecule has 0 saturated carbocycles. The van der Waals surface area contributed by atoms with Crippen molar-refractivity contribution >= 4 is 17.7 Å². The first kappa shape index (κ1) is 15.6. The summed E-state index contributed by atoms with van der Waals surface area (Å²) in [6.07, 6.45) is 0.452. The van der Waals surface area contributed by atoms with Crippen molar-refractivity contribution in [3.8, 4) is 0 Å². The summed E-state index contributed by atoms with van der Waals surface area (Å²) in [5.41, 5.74) is 2.31. The average Bonchev–Trinajstić information content (AvgIpc) is 2.49. The van der Waals surface area contributed by atoms with Gasteiger partial charge in [-0.2, -0.15) is 0 Å². The zero-order chi connectivity index (χ0) is 15.1. The van der Waals surface area contributed by atoms with Crippen LogP contribution >= 0.6 is 11.8 Å². The number of carbonyl (C=O) groups is 1. The van der Waals surface area contributed by atoms with E-state index < -0.39 is 0 Å². The van der Waals surface area contributed by atoms with Crippen molar-refractivity contribution in [2.75, 3.05) is 5.75 Å². The molecule has 0 aliphatic heterocycles. The van der Waals surface area contributed by atoms with Gasteiger partial charge in [0.1, 0.15) is 5.82 Å². The van der Waals surface area contributed by atoms with Crippen LogP contribution in [0.5, 0.6) is 0 Å². The molecule has 0 unspecified atom stereocenters. The summed E-state index contributed by atoms with van der Waals surface area (Å²) >= 11 is 1.55. The largest absolute Gasteiger partial charge is 0.352 e. The average molecular weight is 303 g/mol. The van der Waals surface area contributed by atoms with Crippen LogP contribution in [0.25, 0.3) is 0 Å². The molecule has 1 amide bonds. The molecule has 110 valence electrons. The smallest absolute Gasteiger partial charge is 0.221 e. The summed E-state index contributed by atoms with van der Waals surface area (Å²) in [4.78, 5) is 12.7. The van der Waals surface area contributed by atoms with E-state index in [2.05, 4.69) is 5.32 Å². The third kappa shape index (κ3) is 5.60. The summed E-state index contributed by atoms with van der Waals surface area (Å²) in [6.45, 7) is 2.59. The van der Waals surface area contributed by atoms with Crippen molar-refractivity contribution in [1.82, 2.24) is 5.32 Å². The number of hydrogen-bond acceptors (Lipinski definition) is 2. The lowest BCUT2D eigenvalue weighted by molar-refractivity contribution is -0.120. The number of hydrogen-bond donors (Lipinski definition) is 1. The van der Waals surface area contributed by atoms with E-state index in [9.17, 15) is 9.18 Å². The molecule has 2 aromatic rings. The van der Waals surface area contributed by atoms with Crippen LogP contribution in [0.3, 0.4) is 0 Å². The van der Waals surface area contributed by atoms with Crippen LogP contribution in [-0.2, 0) is 11.3 Å². The molecule has 0 aliphatic rings. The fourth-order valence-corrected chi connectivity index (χ4v) is 2.64. The van der Waals surface area contributed by atoms with Crippen LogP contribution in [0.15, 0.2) is 53.4 Å². The number of nitrogens with one attached hydrogen (secondary N) is 1. The minimum absolute atomic E-state index is 0.0326. The van der Waals surface area contributed by atoms with Gasteiger partial charge >= 0.3 is 0 Å². The lowest BCUT2D eigenvalue weighted by Gasteiger charge is -2.06. The van der Waals surface area contributed by atoms with Gasteiger partial charge in [-0.15, -0.1) is 11.8 Å². The molecular weight excluding hydrogens is 285 g/mol. The Kier molecular flexibility index (Phi) is 5.81. The highest BCUT2D eigenvalue weighted by Crippen LogP contribution is 2.18. The van der Waals surface area contributed by atoms with E-state index in [-0.39, 0.29) is 11.7 Å². The van der Waals surface area contributed by atoms with Gasteiger partial charge in [-0.25, -0.2) is 4.39 Å². The molecule has 0 aliphatic carbocycles. The summed E-state index contributed by atoms with van der Waals surface area (Å²) in [6, 6.07) is 14.4. The monoisotopic (exact) mass is 303 g/mol. The fourth-order valence-electron chi connectivity index (χ4n) is 1.79. The minimum Gasteiger partial charge on any atom is -0.352 e. The molecular formula is C17H18FNOS. The van der Waals surface area contributed by atoms with E-state index in [1.807, 2.05) is 31.2 Å². The fraction of sp³-hybridized carbons (Fsp3) is 0.235. The number of amides is 1. The molecule has 2 aromatic carbocycles. The van der Waals surface area contributed by atoms with Gasteiger partial charge < -0.3 is 5.32 Å². The third-order valence-corrected chi connectivity index (χ3v) is 4.04. The van der Waals surface area contributed by atoms with Crippen molar-refractivity contribution in [2.45, 2.75) is 24.8 Å². The van der Waals surface area contributed by atoms with Crippen LogP contribution in [-0.4, -0.2) is 11.7 Å². The first-order valence-corrected chi connectivity index (χ1v) is 7.82. The van der Waals surface area contributed by atoms with Crippen LogP contribution < -0.4 is 5.32 Å². The molecule has 0 spiro atoms. The minimum atomic E-state index is -0.241. The van der Waals surface area contributed by atoms with Gasteiger partial charge in [0.05, 0.1) is 0 Å². The second-order valence-corrected chi connectivity index (χ2v) is 5.98. The summed E-state index contributed by atoms with van der Waals surface area (Å²) < 4.78 is 12.8. The van der Waals surface area contributed by atoms with E-state index in [1.54, 1.807) is 23.9 Å². The summed E-state index contributed by atoms with van der Waals surface area (Å²) in [7, 11) is 0. The maximum atomic E-state index is 12.8. The van der Waals surface area contributed by atoms with E-state index in [1.165, 1.54) is 17.7 Å². The lowest BCUT2D eigenvalue weighted by atomic mass is 10.1. The maximum absolute atomic E-state index is 12.8. The Labute approximate surface area is 128 Å². The molecule has 21 heavy (non-hydrogen) atoms. The zero-order valence-electron chi connectivity index (χ0n) is 11.9. The van der Waals surface area contributed by atoms with Crippen molar-refractivity contribution in [1.29, 1.82) is 0 Å². The van der Waals surface area contributed by atoms with Gasteiger partial charge in [0.2, 0.25) is 5.91 Å². The Balaban J connectivity index is 1.67. The third-order valence-electron chi connectivity index (χ3n) is 3.02. The molecule has 0 aromatic heterocycles. The van der Waals surface area contributed by atoms with E-state index >= 15 is 0 Å². The van der Waals surface area contributed by atoms with Gasteiger partial charge in [-0.3, -0.25) is 4.79 Å². The number of benzene rings is 2. The predicted octanol–water partition coefficient (Wildman–Crippen LogP) is 3.93. The Morgan fingerprint density at radius 2 is 1.76 bits per heavy atom. The second kappa shape index (κ2) is 7.84. The van der Waals surface area contributed by atoms with Gasteiger partial charge in [0.25, 0.3) is 0 Å². The molecule has 2 nitrogen and oxygen atoms in total. The van der Waals surface area contributed by atoms with Gasteiger partial charge in [-0.1, -0.05) is 29.8 Å². The maximum Gasteiger partial charge on any atom is 0.221 e. The van der Waals surface area contributed by atoms with E-state index in [4.69, 9.17) is 0 Å². The number of halogens is 1. The van der Waals surface area contributed by atoms with Crippen molar-refractivity contribution < 1.29 is 9.18 Å². The Bertz CT molecular complexity index is 581. The number of carbonyl (C=O) groups excluding carboxylic acids is 1. The highest BCUT2D eigenvalue weighted by molar-refractivity contribution is 7.99. The first-order valence-electron chi connectivity index (χ1n) is 6.84. The topological polar surface area (TPSA) is 29.1 Å². The molecule has 1 N–H and O–H groups in total. The van der Waals surface area contributed by atoms with Crippen LogP contribution in [0.2, 0.25) is 0 Å². The van der Waals surface area contributed by atoms with Gasteiger partial charge in [0, 0.05) is 23.6 Å². The number of thioether (sulfide) groups is 1. The molecule has 0 radical (unpaired) electrons. The lowest BCUT2D eigenvalue weighted by Crippen LogP contribution is -2.22. The highest BCUT2D eigenvalue weighted by atomic mass is 32.2. The van der Waals surface area contributed by atoms with Crippen molar-refractivity contribution in [2.24, 2.45) is 0 Å². The van der Waals surface area contributed by atoms with Crippen LogP contribution in [0.1, 0.15) is 17.5 Å². The normalized spacial score (nSPS) is 10.4. The van der Waals surface area contributed by atoms with Crippen LogP contribution in [0, 0.1) is 12.7 Å². The molecule has 2 rings (SSSR count). The van der Waals surface area contributed by atoms with Crippen LogP contribution in [0.4, 0.5) is 4.39 Å². The SMILES string of the molecule is Cc1ccc(CNC(=O)CCSc2ccc(F)cc2)cc1. The molecule has 0 fully saturated rings. The summed E-state index contributed by atoms with van der Waals surface area (Å²) in [5, 5.41) is 2.90.